The maximum absolute atomic E-state index is 4.82. The number of benzene rings is 2. The molecule has 4 aromatic rings. The van der Waals surface area contributed by atoms with Crippen molar-refractivity contribution in [3.8, 4) is 0 Å². The quantitative estimate of drug-likeness (QED) is 0.447. The standard InChI is InChI=1S/C20H14BrN3S/c21-14-6-3-5-13(11-14)16-12-18(19-9-4-10-25-19)24-17-8-2-1-7-15(17)22-20(24)23-16/h1-12,18H,(H,22,23). The van der Waals surface area contributed by atoms with Crippen molar-refractivity contribution in [2.24, 2.45) is 0 Å². The lowest BCUT2D eigenvalue weighted by Crippen LogP contribution is -2.18. The van der Waals surface area contributed by atoms with Gasteiger partial charge in [-0.3, -0.25) is 4.57 Å². The molecule has 3 heterocycles. The van der Waals surface area contributed by atoms with E-state index in [1.807, 2.05) is 12.1 Å². The topological polar surface area (TPSA) is 29.9 Å². The summed E-state index contributed by atoms with van der Waals surface area (Å²) in [6.45, 7) is 0. The zero-order valence-corrected chi connectivity index (χ0v) is 15.6. The van der Waals surface area contributed by atoms with Crippen LogP contribution < -0.4 is 5.32 Å². The molecule has 1 aliphatic rings. The monoisotopic (exact) mass is 407 g/mol. The highest BCUT2D eigenvalue weighted by molar-refractivity contribution is 9.10. The van der Waals surface area contributed by atoms with Gasteiger partial charge in [0.2, 0.25) is 5.95 Å². The molecule has 1 aliphatic heterocycles. The average molecular weight is 408 g/mol. The highest BCUT2D eigenvalue weighted by Gasteiger charge is 2.25. The van der Waals surface area contributed by atoms with Crippen molar-refractivity contribution < 1.29 is 0 Å². The van der Waals surface area contributed by atoms with E-state index in [1.165, 1.54) is 4.88 Å². The number of aromatic nitrogens is 2. The Labute approximate surface area is 157 Å². The van der Waals surface area contributed by atoms with E-state index in [9.17, 15) is 0 Å². The van der Waals surface area contributed by atoms with E-state index >= 15 is 0 Å². The van der Waals surface area contributed by atoms with E-state index in [0.29, 0.717) is 0 Å². The minimum absolute atomic E-state index is 0.137. The molecule has 122 valence electrons. The summed E-state index contributed by atoms with van der Waals surface area (Å²) >= 11 is 5.34. The number of anilines is 1. The highest BCUT2D eigenvalue weighted by Crippen LogP contribution is 2.38. The minimum Gasteiger partial charge on any atom is -0.325 e. The SMILES string of the molecule is Brc1cccc(C2=CC(c3cccs3)n3c(nc4ccccc43)N2)c1. The molecule has 0 aliphatic carbocycles. The van der Waals surface area contributed by atoms with Crippen molar-refractivity contribution in [2.45, 2.75) is 6.04 Å². The Morgan fingerprint density at radius 2 is 1.96 bits per heavy atom. The summed E-state index contributed by atoms with van der Waals surface area (Å²) in [6.07, 6.45) is 2.29. The van der Waals surface area contributed by atoms with Gasteiger partial charge in [-0.1, -0.05) is 46.3 Å². The largest absolute Gasteiger partial charge is 0.325 e. The molecule has 25 heavy (non-hydrogen) atoms. The Morgan fingerprint density at radius 1 is 1.04 bits per heavy atom. The van der Waals surface area contributed by atoms with Gasteiger partial charge in [-0.05, 0) is 47.4 Å². The summed E-state index contributed by atoms with van der Waals surface area (Å²) in [4.78, 5) is 6.12. The predicted octanol–water partition coefficient (Wildman–Crippen LogP) is 5.92. The third-order valence-electron chi connectivity index (χ3n) is 4.42. The second-order valence-corrected chi connectivity index (χ2v) is 7.87. The predicted molar refractivity (Wildman–Crippen MR) is 108 cm³/mol. The van der Waals surface area contributed by atoms with Gasteiger partial charge in [0.05, 0.1) is 17.1 Å². The maximum Gasteiger partial charge on any atom is 0.209 e. The highest BCUT2D eigenvalue weighted by atomic mass is 79.9. The van der Waals surface area contributed by atoms with Crippen LogP contribution in [0.15, 0.2) is 76.6 Å². The third kappa shape index (κ3) is 2.51. The molecule has 0 spiro atoms. The number of hydrogen-bond acceptors (Lipinski definition) is 3. The average Bonchev–Trinajstić information content (AvgIpc) is 3.28. The Hall–Kier alpha value is -2.37. The molecule has 0 bridgehead atoms. The van der Waals surface area contributed by atoms with Crippen molar-refractivity contribution in [3.63, 3.8) is 0 Å². The van der Waals surface area contributed by atoms with Gasteiger partial charge in [0, 0.05) is 15.0 Å². The maximum atomic E-state index is 4.82. The molecule has 5 heteroatoms. The second-order valence-electron chi connectivity index (χ2n) is 5.97. The van der Waals surface area contributed by atoms with Crippen molar-refractivity contribution in [1.29, 1.82) is 0 Å². The molecule has 0 saturated carbocycles. The van der Waals surface area contributed by atoms with Gasteiger partial charge in [-0.2, -0.15) is 0 Å². The van der Waals surface area contributed by atoms with Crippen LogP contribution in [0.25, 0.3) is 16.7 Å². The third-order valence-corrected chi connectivity index (χ3v) is 5.85. The summed E-state index contributed by atoms with van der Waals surface area (Å²) in [5.74, 6) is 0.886. The van der Waals surface area contributed by atoms with Crippen LogP contribution in [0.5, 0.6) is 0 Å². The lowest BCUT2D eigenvalue weighted by Gasteiger charge is -2.25. The lowest BCUT2D eigenvalue weighted by molar-refractivity contribution is 0.733. The first-order chi connectivity index (χ1) is 12.3. The second kappa shape index (κ2) is 5.86. The lowest BCUT2D eigenvalue weighted by atomic mass is 10.1. The van der Waals surface area contributed by atoms with Gasteiger partial charge >= 0.3 is 0 Å². The van der Waals surface area contributed by atoms with Gasteiger partial charge in [0.1, 0.15) is 0 Å². The summed E-state index contributed by atoms with van der Waals surface area (Å²) < 4.78 is 3.35. The zero-order valence-electron chi connectivity index (χ0n) is 13.2. The number of thiophene rings is 1. The van der Waals surface area contributed by atoms with E-state index < -0.39 is 0 Å². The Balaban J connectivity index is 1.73. The van der Waals surface area contributed by atoms with Crippen LogP contribution in [-0.4, -0.2) is 9.55 Å². The van der Waals surface area contributed by atoms with E-state index in [2.05, 4.69) is 85.8 Å². The molecule has 2 aromatic carbocycles. The Bertz CT molecular complexity index is 1100. The van der Waals surface area contributed by atoms with Crippen molar-refractivity contribution in [3.05, 3.63) is 87.0 Å². The summed E-state index contributed by atoms with van der Waals surface area (Å²) in [5, 5.41) is 5.65. The first kappa shape index (κ1) is 14.9. The number of para-hydroxylation sites is 2. The van der Waals surface area contributed by atoms with Crippen LogP contribution in [-0.2, 0) is 0 Å². The molecular formula is C20H14BrN3S. The molecule has 2 aromatic heterocycles. The van der Waals surface area contributed by atoms with Gasteiger partial charge < -0.3 is 5.32 Å². The number of halogens is 1. The number of hydrogen-bond donors (Lipinski definition) is 1. The molecule has 1 unspecified atom stereocenters. The van der Waals surface area contributed by atoms with Crippen LogP contribution in [0.1, 0.15) is 16.5 Å². The molecule has 1 atom stereocenters. The molecule has 0 radical (unpaired) electrons. The van der Waals surface area contributed by atoms with Crippen LogP contribution in [0.3, 0.4) is 0 Å². The number of nitrogens with zero attached hydrogens (tertiary/aromatic N) is 2. The zero-order chi connectivity index (χ0) is 16.8. The van der Waals surface area contributed by atoms with Gasteiger partial charge in [0.25, 0.3) is 0 Å². The normalized spacial score (nSPS) is 16.4. The van der Waals surface area contributed by atoms with Crippen molar-refractivity contribution >= 4 is 49.9 Å². The molecule has 1 N–H and O–H groups in total. The Kier molecular flexibility index (Phi) is 3.50. The number of rotatable bonds is 2. The van der Waals surface area contributed by atoms with E-state index in [4.69, 9.17) is 4.98 Å². The first-order valence-corrected chi connectivity index (χ1v) is 9.72. The van der Waals surface area contributed by atoms with Gasteiger partial charge in [-0.15, -0.1) is 11.3 Å². The van der Waals surface area contributed by atoms with Crippen LogP contribution >= 0.6 is 27.3 Å². The molecule has 0 fully saturated rings. The van der Waals surface area contributed by atoms with Crippen LogP contribution in [0.4, 0.5) is 5.95 Å². The molecular weight excluding hydrogens is 394 g/mol. The van der Waals surface area contributed by atoms with Crippen LogP contribution in [0, 0.1) is 0 Å². The molecule has 5 rings (SSSR count). The smallest absolute Gasteiger partial charge is 0.209 e. The first-order valence-electron chi connectivity index (χ1n) is 8.05. The van der Waals surface area contributed by atoms with Gasteiger partial charge in [-0.25, -0.2) is 4.98 Å². The summed E-state index contributed by atoms with van der Waals surface area (Å²) in [5.41, 5.74) is 4.39. The van der Waals surface area contributed by atoms with E-state index in [1.54, 1.807) is 11.3 Å². The van der Waals surface area contributed by atoms with E-state index in [0.717, 1.165) is 32.7 Å². The van der Waals surface area contributed by atoms with Crippen molar-refractivity contribution in [2.75, 3.05) is 5.32 Å². The fraction of sp³-hybridized carbons (Fsp3) is 0.0500. The Morgan fingerprint density at radius 3 is 2.80 bits per heavy atom. The van der Waals surface area contributed by atoms with Gasteiger partial charge in [0.15, 0.2) is 0 Å². The molecule has 0 amide bonds. The van der Waals surface area contributed by atoms with E-state index in [-0.39, 0.29) is 6.04 Å². The number of nitrogens with one attached hydrogen (secondary N) is 1. The van der Waals surface area contributed by atoms with Crippen LogP contribution in [0.2, 0.25) is 0 Å². The number of allylic oxidation sites excluding steroid dienone is 1. The van der Waals surface area contributed by atoms with Crippen molar-refractivity contribution in [1.82, 2.24) is 9.55 Å². The summed E-state index contributed by atoms with van der Waals surface area (Å²) in [7, 11) is 0. The number of imidazole rings is 1. The fourth-order valence-corrected chi connectivity index (χ4v) is 4.49. The fourth-order valence-electron chi connectivity index (χ4n) is 3.30. The molecule has 0 saturated heterocycles. The summed E-state index contributed by atoms with van der Waals surface area (Å²) in [6, 6.07) is 21.1. The molecule has 3 nitrogen and oxygen atoms in total. The number of fused-ring (bicyclic) bond motifs is 3. The minimum atomic E-state index is 0.137.